The van der Waals surface area contributed by atoms with Crippen molar-refractivity contribution in [2.24, 2.45) is 4.99 Å². The van der Waals surface area contributed by atoms with Crippen molar-refractivity contribution in [3.8, 4) is 5.75 Å². The van der Waals surface area contributed by atoms with Crippen LogP contribution >= 0.6 is 0 Å². The Bertz CT molecular complexity index is 900. The molecular weight excluding hydrogens is 380 g/mol. The van der Waals surface area contributed by atoms with Crippen LogP contribution in [0.3, 0.4) is 0 Å². The lowest BCUT2D eigenvalue weighted by Crippen LogP contribution is -2.46. The second-order valence-corrected chi connectivity index (χ2v) is 8.06. The van der Waals surface area contributed by atoms with Crippen LogP contribution in [0.25, 0.3) is 0 Å². The summed E-state index contributed by atoms with van der Waals surface area (Å²) in [6.07, 6.45) is 2.36. The maximum atomic E-state index is 11.7. The number of hydrogen-bond donors (Lipinski definition) is 1. The van der Waals surface area contributed by atoms with E-state index >= 15 is 0 Å². The number of carbonyl (C=O) groups is 1. The van der Waals surface area contributed by atoms with E-state index < -0.39 is 6.10 Å². The standard InChI is InChI=1S/C23H30N4O3/c1-15-20(30-17(3)23(28)25-15)14-22(24-4)27-10-8-26(9-11-27)16(2)19-6-5-18-7-12-29-21(18)13-19/h5-6,13-14,16-17H,4,7-12H2,1-3H3,(H,25,28)/b22-14+. The average molecular weight is 411 g/mol. The van der Waals surface area contributed by atoms with Gasteiger partial charge >= 0.3 is 0 Å². The van der Waals surface area contributed by atoms with E-state index in [2.05, 4.69) is 51.9 Å². The lowest BCUT2D eigenvalue weighted by Gasteiger charge is -2.39. The maximum absolute atomic E-state index is 11.7. The van der Waals surface area contributed by atoms with Crippen molar-refractivity contribution in [1.29, 1.82) is 0 Å². The summed E-state index contributed by atoms with van der Waals surface area (Å²) in [5, 5.41) is 2.84. The third-order valence-corrected chi connectivity index (χ3v) is 6.16. The third kappa shape index (κ3) is 4.07. The molecule has 3 aliphatic rings. The third-order valence-electron chi connectivity index (χ3n) is 6.16. The quantitative estimate of drug-likeness (QED) is 0.756. The number of amides is 1. The number of nitrogens with zero attached hydrogens (tertiary/aromatic N) is 3. The highest BCUT2D eigenvalue weighted by Crippen LogP contribution is 2.31. The first-order valence-electron chi connectivity index (χ1n) is 10.6. The van der Waals surface area contributed by atoms with Gasteiger partial charge in [0.25, 0.3) is 5.91 Å². The molecule has 3 aliphatic heterocycles. The Morgan fingerprint density at radius 2 is 2.10 bits per heavy atom. The molecule has 1 aromatic rings. The predicted octanol–water partition coefficient (Wildman–Crippen LogP) is 2.61. The average Bonchev–Trinajstić information content (AvgIpc) is 3.23. The number of piperazine rings is 1. The van der Waals surface area contributed by atoms with Crippen LogP contribution in [0.4, 0.5) is 0 Å². The first-order valence-corrected chi connectivity index (χ1v) is 10.6. The van der Waals surface area contributed by atoms with E-state index in [-0.39, 0.29) is 5.91 Å². The zero-order valence-corrected chi connectivity index (χ0v) is 18.0. The van der Waals surface area contributed by atoms with Crippen molar-refractivity contribution in [2.75, 3.05) is 32.8 Å². The molecule has 1 amide bonds. The Morgan fingerprint density at radius 1 is 1.33 bits per heavy atom. The van der Waals surface area contributed by atoms with E-state index in [4.69, 9.17) is 9.47 Å². The zero-order chi connectivity index (χ0) is 21.3. The van der Waals surface area contributed by atoms with Gasteiger partial charge in [0.05, 0.1) is 12.3 Å². The zero-order valence-electron chi connectivity index (χ0n) is 18.0. The molecule has 7 nitrogen and oxygen atoms in total. The summed E-state index contributed by atoms with van der Waals surface area (Å²) < 4.78 is 11.5. The minimum atomic E-state index is -0.514. The summed E-state index contributed by atoms with van der Waals surface area (Å²) >= 11 is 0. The second kappa shape index (κ2) is 8.52. The minimum Gasteiger partial charge on any atom is -0.493 e. The van der Waals surface area contributed by atoms with Gasteiger partial charge in [-0.25, -0.2) is 4.99 Å². The van der Waals surface area contributed by atoms with Gasteiger partial charge in [-0.15, -0.1) is 0 Å². The predicted molar refractivity (Wildman–Crippen MR) is 116 cm³/mol. The molecule has 1 fully saturated rings. The Hall–Kier alpha value is -2.80. The van der Waals surface area contributed by atoms with E-state index in [1.807, 2.05) is 13.0 Å². The van der Waals surface area contributed by atoms with Gasteiger partial charge in [0, 0.05) is 44.7 Å². The van der Waals surface area contributed by atoms with Crippen molar-refractivity contribution in [2.45, 2.75) is 39.3 Å². The number of carbonyl (C=O) groups excluding carboxylic acids is 1. The SMILES string of the molecule is C=N/C(=C\C1=C(C)NC(=O)C(C)O1)N1CCN(C(C)c2ccc3c(c2)OCC3)CC1. The van der Waals surface area contributed by atoms with Crippen LogP contribution in [0.15, 0.2) is 46.5 Å². The van der Waals surface area contributed by atoms with E-state index in [1.54, 1.807) is 6.92 Å². The monoisotopic (exact) mass is 410 g/mol. The van der Waals surface area contributed by atoms with E-state index in [0.717, 1.165) is 50.8 Å². The van der Waals surface area contributed by atoms with Crippen molar-refractivity contribution in [3.05, 3.63) is 52.7 Å². The molecular formula is C23H30N4O3. The molecule has 0 radical (unpaired) electrons. The second-order valence-electron chi connectivity index (χ2n) is 8.06. The number of nitrogens with one attached hydrogen (secondary N) is 1. The fourth-order valence-electron chi connectivity index (χ4n) is 4.17. The summed E-state index contributed by atoms with van der Waals surface area (Å²) in [4.78, 5) is 20.7. The first kappa shape index (κ1) is 20.5. The van der Waals surface area contributed by atoms with Crippen molar-refractivity contribution in [3.63, 3.8) is 0 Å². The molecule has 160 valence electrons. The number of rotatable bonds is 5. The molecule has 1 N–H and O–H groups in total. The number of hydrogen-bond acceptors (Lipinski definition) is 6. The van der Waals surface area contributed by atoms with Gasteiger partial charge in [0.1, 0.15) is 17.3 Å². The normalized spacial score (nSPS) is 23.4. The summed E-state index contributed by atoms with van der Waals surface area (Å²) in [6.45, 7) is 13.9. The smallest absolute Gasteiger partial charge is 0.265 e. The highest BCUT2D eigenvalue weighted by atomic mass is 16.5. The van der Waals surface area contributed by atoms with Gasteiger partial charge in [-0.1, -0.05) is 12.1 Å². The molecule has 2 unspecified atom stereocenters. The molecule has 0 saturated carbocycles. The molecule has 1 saturated heterocycles. The van der Waals surface area contributed by atoms with Crippen LogP contribution in [0, 0.1) is 0 Å². The minimum absolute atomic E-state index is 0.127. The van der Waals surface area contributed by atoms with Gasteiger partial charge in [-0.3, -0.25) is 9.69 Å². The van der Waals surface area contributed by atoms with Crippen molar-refractivity contribution >= 4 is 12.6 Å². The molecule has 0 aromatic heterocycles. The summed E-state index contributed by atoms with van der Waals surface area (Å²) in [7, 11) is 0. The number of fused-ring (bicyclic) bond motifs is 1. The topological polar surface area (TPSA) is 66.4 Å². The molecule has 30 heavy (non-hydrogen) atoms. The molecule has 1 aromatic carbocycles. The highest BCUT2D eigenvalue weighted by Gasteiger charge is 2.26. The van der Waals surface area contributed by atoms with Gasteiger partial charge in [0.15, 0.2) is 6.10 Å². The fraction of sp³-hybridized carbons (Fsp3) is 0.478. The Labute approximate surface area is 178 Å². The van der Waals surface area contributed by atoms with Crippen LogP contribution in [-0.2, 0) is 16.0 Å². The lowest BCUT2D eigenvalue weighted by molar-refractivity contribution is -0.130. The number of aliphatic imine (C=N–C) groups is 1. The van der Waals surface area contributed by atoms with Crippen LogP contribution in [0.5, 0.6) is 5.75 Å². The van der Waals surface area contributed by atoms with Crippen LogP contribution in [0.2, 0.25) is 0 Å². The number of allylic oxidation sites excluding steroid dienone is 2. The van der Waals surface area contributed by atoms with E-state index in [0.29, 0.717) is 17.5 Å². The van der Waals surface area contributed by atoms with Crippen molar-refractivity contribution < 1.29 is 14.3 Å². The summed E-state index contributed by atoms with van der Waals surface area (Å²) in [6, 6.07) is 6.95. The van der Waals surface area contributed by atoms with Crippen LogP contribution in [-0.4, -0.2) is 61.3 Å². The van der Waals surface area contributed by atoms with Crippen LogP contribution in [0.1, 0.15) is 37.9 Å². The Morgan fingerprint density at radius 3 is 2.83 bits per heavy atom. The molecule has 7 heteroatoms. The highest BCUT2D eigenvalue weighted by molar-refractivity contribution is 5.83. The molecule has 2 atom stereocenters. The largest absolute Gasteiger partial charge is 0.493 e. The first-order chi connectivity index (χ1) is 14.5. The van der Waals surface area contributed by atoms with E-state index in [1.165, 1.54) is 11.1 Å². The fourth-order valence-corrected chi connectivity index (χ4v) is 4.17. The van der Waals surface area contributed by atoms with Crippen LogP contribution < -0.4 is 10.1 Å². The Kier molecular flexibility index (Phi) is 5.81. The number of ether oxygens (including phenoxy) is 2. The van der Waals surface area contributed by atoms with Gasteiger partial charge in [-0.2, -0.15) is 0 Å². The van der Waals surface area contributed by atoms with Crippen molar-refractivity contribution in [1.82, 2.24) is 15.1 Å². The lowest BCUT2D eigenvalue weighted by atomic mass is 10.0. The summed E-state index contributed by atoms with van der Waals surface area (Å²) in [5.41, 5.74) is 3.30. The Balaban J connectivity index is 1.41. The van der Waals surface area contributed by atoms with Gasteiger partial charge < -0.3 is 19.7 Å². The van der Waals surface area contributed by atoms with Gasteiger partial charge in [-0.05, 0) is 44.7 Å². The van der Waals surface area contributed by atoms with Gasteiger partial charge in [0.2, 0.25) is 0 Å². The maximum Gasteiger partial charge on any atom is 0.265 e. The number of benzene rings is 1. The molecule has 3 heterocycles. The molecule has 0 aliphatic carbocycles. The molecule has 0 spiro atoms. The molecule has 0 bridgehead atoms. The summed E-state index contributed by atoms with van der Waals surface area (Å²) in [5.74, 6) is 2.32. The molecule has 4 rings (SSSR count). The van der Waals surface area contributed by atoms with E-state index in [9.17, 15) is 4.79 Å².